The molecule has 0 bridgehead atoms. The van der Waals surface area contributed by atoms with Crippen LogP contribution in [-0.4, -0.2) is 65.1 Å². The van der Waals surface area contributed by atoms with Crippen molar-refractivity contribution in [1.29, 1.82) is 0 Å². The van der Waals surface area contributed by atoms with Crippen LogP contribution in [0.2, 0.25) is 0 Å². The molecule has 3 aromatic rings. The Morgan fingerprint density at radius 1 is 0.938 bits per heavy atom. The summed E-state index contributed by atoms with van der Waals surface area (Å²) in [5.41, 5.74) is 2.56. The average molecular weight is 435 g/mol. The Labute approximate surface area is 188 Å². The minimum absolute atomic E-state index is 0.250. The molecule has 2 saturated heterocycles. The first kappa shape index (κ1) is 20.8. The van der Waals surface area contributed by atoms with Gasteiger partial charge in [0.2, 0.25) is 0 Å². The fourth-order valence-corrected chi connectivity index (χ4v) is 4.64. The molecule has 3 heterocycles. The molecule has 2 aromatic carbocycles. The summed E-state index contributed by atoms with van der Waals surface area (Å²) in [5, 5.41) is 5.85. The number of nitrogens with one attached hydrogen (secondary N) is 1. The topological polar surface area (TPSA) is 59.1 Å². The van der Waals surface area contributed by atoms with Crippen LogP contribution in [-0.2, 0) is 4.74 Å². The number of nitrogens with zero attached hydrogens (tertiary/aromatic N) is 3. The van der Waals surface area contributed by atoms with E-state index in [1.165, 1.54) is 11.3 Å². The van der Waals surface area contributed by atoms with Crippen molar-refractivity contribution >= 4 is 22.3 Å². The second-order valence-corrected chi connectivity index (χ2v) is 8.21. The highest BCUT2D eigenvalue weighted by Gasteiger charge is 2.24. The molecule has 7 nitrogen and oxygen atoms in total. The van der Waals surface area contributed by atoms with Gasteiger partial charge in [-0.25, -0.2) is 4.98 Å². The number of piperazine rings is 1. The third kappa shape index (κ3) is 4.06. The van der Waals surface area contributed by atoms with Crippen LogP contribution in [0, 0.1) is 0 Å². The number of rotatable bonds is 5. The third-order valence-corrected chi connectivity index (χ3v) is 6.39. The van der Waals surface area contributed by atoms with Crippen LogP contribution in [0.15, 0.2) is 48.7 Å². The van der Waals surface area contributed by atoms with E-state index in [0.29, 0.717) is 0 Å². The Bertz CT molecular complexity index is 1070. The van der Waals surface area contributed by atoms with E-state index in [1.807, 2.05) is 24.4 Å². The lowest BCUT2D eigenvalue weighted by Gasteiger charge is -2.35. The Balaban J connectivity index is 1.38. The average Bonchev–Trinajstić information content (AvgIpc) is 2.88. The molecule has 1 aromatic heterocycles. The molecule has 2 aliphatic rings. The number of hydrogen-bond donors (Lipinski definition) is 1. The lowest BCUT2D eigenvalue weighted by Crippen LogP contribution is -2.46. The maximum Gasteiger partial charge on any atom is 0.161 e. The lowest BCUT2D eigenvalue weighted by atomic mass is 10.0. The van der Waals surface area contributed by atoms with Gasteiger partial charge in [-0.2, -0.15) is 0 Å². The maximum absolute atomic E-state index is 5.54. The largest absolute Gasteiger partial charge is 0.493 e. The van der Waals surface area contributed by atoms with Crippen LogP contribution in [0.25, 0.3) is 10.8 Å². The third-order valence-electron chi connectivity index (χ3n) is 6.39. The molecule has 32 heavy (non-hydrogen) atoms. The van der Waals surface area contributed by atoms with Crippen molar-refractivity contribution in [3.63, 3.8) is 0 Å². The highest BCUT2D eigenvalue weighted by Crippen LogP contribution is 2.36. The van der Waals surface area contributed by atoms with Gasteiger partial charge in [-0.15, -0.1) is 0 Å². The van der Waals surface area contributed by atoms with Gasteiger partial charge >= 0.3 is 0 Å². The number of methoxy groups -OCH3 is 2. The van der Waals surface area contributed by atoms with E-state index in [0.717, 1.165) is 74.0 Å². The molecule has 5 rings (SSSR count). The van der Waals surface area contributed by atoms with E-state index in [4.69, 9.17) is 19.2 Å². The highest BCUT2D eigenvalue weighted by atomic mass is 16.5. The molecule has 1 unspecified atom stereocenters. The van der Waals surface area contributed by atoms with E-state index in [2.05, 4.69) is 39.4 Å². The summed E-state index contributed by atoms with van der Waals surface area (Å²) in [6.07, 6.45) is 1.87. The zero-order valence-electron chi connectivity index (χ0n) is 18.7. The van der Waals surface area contributed by atoms with E-state index in [-0.39, 0.29) is 6.04 Å². The number of pyridine rings is 1. The predicted molar refractivity (Wildman–Crippen MR) is 127 cm³/mol. The van der Waals surface area contributed by atoms with Crippen LogP contribution >= 0.6 is 0 Å². The number of anilines is 2. The summed E-state index contributed by atoms with van der Waals surface area (Å²) in [4.78, 5) is 9.50. The van der Waals surface area contributed by atoms with Gasteiger partial charge in [-0.1, -0.05) is 12.1 Å². The molecule has 2 fully saturated rings. The fraction of sp³-hybridized carbons (Fsp3) is 0.400. The quantitative estimate of drug-likeness (QED) is 0.662. The minimum Gasteiger partial charge on any atom is -0.493 e. The van der Waals surface area contributed by atoms with Crippen LogP contribution < -0.4 is 24.6 Å². The van der Waals surface area contributed by atoms with Crippen molar-refractivity contribution < 1.29 is 14.2 Å². The van der Waals surface area contributed by atoms with Crippen LogP contribution in [0.4, 0.5) is 11.5 Å². The molecule has 1 atom stereocenters. The number of hydrogen-bond acceptors (Lipinski definition) is 7. The monoisotopic (exact) mass is 434 g/mol. The molecular weight excluding hydrogens is 404 g/mol. The van der Waals surface area contributed by atoms with Gasteiger partial charge in [0.1, 0.15) is 5.82 Å². The smallest absolute Gasteiger partial charge is 0.161 e. The van der Waals surface area contributed by atoms with Gasteiger partial charge in [0.15, 0.2) is 11.5 Å². The lowest BCUT2D eigenvalue weighted by molar-refractivity contribution is 0.122. The van der Waals surface area contributed by atoms with E-state index in [1.54, 1.807) is 14.2 Å². The molecule has 7 heteroatoms. The summed E-state index contributed by atoms with van der Waals surface area (Å²) in [5.74, 6) is 2.44. The van der Waals surface area contributed by atoms with Crippen LogP contribution in [0.1, 0.15) is 11.6 Å². The molecule has 0 amide bonds. The zero-order valence-corrected chi connectivity index (χ0v) is 18.7. The van der Waals surface area contributed by atoms with Crippen molar-refractivity contribution in [3.05, 3.63) is 54.2 Å². The van der Waals surface area contributed by atoms with E-state index in [9.17, 15) is 0 Å². The summed E-state index contributed by atoms with van der Waals surface area (Å²) < 4.78 is 16.5. The highest BCUT2D eigenvalue weighted by molar-refractivity contribution is 5.94. The summed E-state index contributed by atoms with van der Waals surface area (Å²) in [6, 6.07) is 15.3. The van der Waals surface area contributed by atoms with Crippen molar-refractivity contribution in [2.24, 2.45) is 0 Å². The molecule has 0 spiro atoms. The molecule has 1 N–H and O–H groups in total. The molecule has 0 saturated carbocycles. The Morgan fingerprint density at radius 2 is 1.69 bits per heavy atom. The standard InChI is InChI=1S/C25H30N4O3/c1-30-23-15-19-7-8-27-25(21(19)16-24(23)31-2)29-10-9-26-22(17-29)18-3-5-20(6-4-18)28-11-13-32-14-12-28/h3-8,15-16,22,26H,9-14,17H2,1-2H3. The molecule has 0 aliphatic carbocycles. The first-order valence-electron chi connectivity index (χ1n) is 11.2. The second-order valence-electron chi connectivity index (χ2n) is 8.21. The number of morpholine rings is 1. The molecule has 0 radical (unpaired) electrons. The van der Waals surface area contributed by atoms with Gasteiger partial charge in [0, 0.05) is 56.0 Å². The minimum atomic E-state index is 0.250. The van der Waals surface area contributed by atoms with Gasteiger partial charge in [-0.05, 0) is 41.3 Å². The summed E-state index contributed by atoms with van der Waals surface area (Å²) in [6.45, 7) is 6.18. The number of ether oxygens (including phenoxy) is 3. The first-order valence-corrected chi connectivity index (χ1v) is 11.2. The van der Waals surface area contributed by atoms with Crippen molar-refractivity contribution in [3.8, 4) is 11.5 Å². The van der Waals surface area contributed by atoms with Crippen molar-refractivity contribution in [2.75, 3.05) is 70.0 Å². The Kier molecular flexibility index (Phi) is 6.01. The molecule has 168 valence electrons. The zero-order chi connectivity index (χ0) is 21.9. The maximum atomic E-state index is 5.54. The van der Waals surface area contributed by atoms with Gasteiger partial charge in [-0.3, -0.25) is 0 Å². The first-order chi connectivity index (χ1) is 15.8. The number of aromatic nitrogens is 1. The van der Waals surface area contributed by atoms with E-state index >= 15 is 0 Å². The van der Waals surface area contributed by atoms with Crippen molar-refractivity contribution in [2.45, 2.75) is 6.04 Å². The SMILES string of the molecule is COc1cc2ccnc(N3CCNC(c4ccc(N5CCOCC5)cc4)C3)c2cc1OC. The second kappa shape index (κ2) is 9.22. The number of fused-ring (bicyclic) bond motifs is 1. The predicted octanol–water partition coefficient (Wildman–Crippen LogP) is 3.24. The Hall–Kier alpha value is -3.03. The van der Waals surface area contributed by atoms with Gasteiger partial charge in [0.05, 0.1) is 27.4 Å². The normalized spacial score (nSPS) is 19.2. The molecular formula is C25H30N4O3. The van der Waals surface area contributed by atoms with E-state index < -0.39 is 0 Å². The van der Waals surface area contributed by atoms with Gasteiger partial charge in [0.25, 0.3) is 0 Å². The van der Waals surface area contributed by atoms with Crippen molar-refractivity contribution in [1.82, 2.24) is 10.3 Å². The molecule has 2 aliphatic heterocycles. The fourth-order valence-electron chi connectivity index (χ4n) is 4.64. The summed E-state index contributed by atoms with van der Waals surface area (Å²) in [7, 11) is 3.33. The van der Waals surface area contributed by atoms with Gasteiger partial charge < -0.3 is 29.3 Å². The summed E-state index contributed by atoms with van der Waals surface area (Å²) >= 11 is 0. The Morgan fingerprint density at radius 3 is 2.44 bits per heavy atom. The van der Waals surface area contributed by atoms with Crippen LogP contribution in [0.3, 0.4) is 0 Å². The van der Waals surface area contributed by atoms with Crippen LogP contribution in [0.5, 0.6) is 11.5 Å². The number of benzene rings is 2.